The predicted molar refractivity (Wildman–Crippen MR) is 64.3 cm³/mol. The lowest BCUT2D eigenvalue weighted by atomic mass is 9.67. The Morgan fingerprint density at radius 1 is 1.11 bits per heavy atom. The Hall–Kier alpha value is -0.990. The van der Waals surface area contributed by atoms with Crippen molar-refractivity contribution >= 4 is 0 Å². The fraction of sp³-hybridized carbons (Fsp3) is 0.600. The van der Waals surface area contributed by atoms with Crippen molar-refractivity contribution in [1.29, 1.82) is 0 Å². The highest BCUT2D eigenvalue weighted by atomic mass is 19.4. The molecule has 2 saturated carbocycles. The third-order valence-electron chi connectivity index (χ3n) is 4.80. The van der Waals surface area contributed by atoms with Gasteiger partial charge in [0.05, 0.1) is 5.56 Å². The first-order valence-corrected chi connectivity index (χ1v) is 6.66. The molecule has 0 saturated heterocycles. The number of hydrogen-bond donors (Lipinski definition) is 0. The van der Waals surface area contributed by atoms with E-state index in [0.717, 1.165) is 24.5 Å². The zero-order valence-corrected chi connectivity index (χ0v) is 10.3. The van der Waals surface area contributed by atoms with Gasteiger partial charge >= 0.3 is 6.18 Å². The summed E-state index contributed by atoms with van der Waals surface area (Å²) in [6, 6.07) is 5.92. The average Bonchev–Trinajstić information content (AvgIpc) is 2.73. The molecule has 0 radical (unpaired) electrons. The van der Waals surface area contributed by atoms with Gasteiger partial charge in [-0.25, -0.2) is 0 Å². The smallest absolute Gasteiger partial charge is 0.166 e. The Kier molecular flexibility index (Phi) is 2.68. The van der Waals surface area contributed by atoms with E-state index in [1.54, 1.807) is 6.07 Å². The van der Waals surface area contributed by atoms with E-state index in [1.807, 2.05) is 6.07 Å². The minimum absolute atomic E-state index is 0.340. The van der Waals surface area contributed by atoms with Crippen LogP contribution in [0, 0.1) is 5.41 Å². The first-order valence-electron chi connectivity index (χ1n) is 6.66. The van der Waals surface area contributed by atoms with Gasteiger partial charge in [-0.3, -0.25) is 0 Å². The van der Waals surface area contributed by atoms with Gasteiger partial charge in [0.1, 0.15) is 0 Å². The lowest BCUT2D eigenvalue weighted by Crippen LogP contribution is -2.25. The second-order valence-electron chi connectivity index (χ2n) is 5.92. The van der Waals surface area contributed by atoms with Gasteiger partial charge in [0.15, 0.2) is 0 Å². The molecule has 1 unspecified atom stereocenters. The number of benzene rings is 1. The second kappa shape index (κ2) is 4.01. The maximum Gasteiger partial charge on any atom is 0.416 e. The monoisotopic (exact) mass is 254 g/mol. The molecule has 2 fully saturated rings. The molecule has 3 heteroatoms. The lowest BCUT2D eigenvalue weighted by molar-refractivity contribution is -0.137. The summed E-state index contributed by atoms with van der Waals surface area (Å²) >= 11 is 0. The maximum atomic E-state index is 12.7. The Morgan fingerprint density at radius 2 is 1.89 bits per heavy atom. The highest BCUT2D eigenvalue weighted by molar-refractivity contribution is 5.29. The second-order valence-corrected chi connectivity index (χ2v) is 5.92. The number of halogens is 3. The van der Waals surface area contributed by atoms with Crippen LogP contribution in [-0.4, -0.2) is 0 Å². The van der Waals surface area contributed by atoms with Crippen LogP contribution in [0.4, 0.5) is 13.2 Å². The van der Waals surface area contributed by atoms with Gasteiger partial charge in [-0.2, -0.15) is 13.2 Å². The van der Waals surface area contributed by atoms with Gasteiger partial charge in [0.2, 0.25) is 0 Å². The van der Waals surface area contributed by atoms with Crippen molar-refractivity contribution in [2.45, 2.75) is 50.6 Å². The van der Waals surface area contributed by atoms with Crippen molar-refractivity contribution in [2.24, 2.45) is 5.41 Å². The zero-order chi connectivity index (χ0) is 12.8. The number of hydrogen-bond acceptors (Lipinski definition) is 0. The quantitative estimate of drug-likeness (QED) is 0.650. The first kappa shape index (κ1) is 12.1. The van der Waals surface area contributed by atoms with E-state index < -0.39 is 11.7 Å². The molecule has 1 aromatic carbocycles. The molecule has 1 aromatic rings. The zero-order valence-electron chi connectivity index (χ0n) is 10.3. The van der Waals surface area contributed by atoms with E-state index >= 15 is 0 Å². The van der Waals surface area contributed by atoms with Crippen molar-refractivity contribution in [1.82, 2.24) is 0 Å². The molecule has 0 heterocycles. The van der Waals surface area contributed by atoms with Crippen molar-refractivity contribution in [2.75, 3.05) is 0 Å². The van der Waals surface area contributed by atoms with Gasteiger partial charge < -0.3 is 0 Å². The Labute approximate surface area is 105 Å². The molecular weight excluding hydrogens is 237 g/mol. The van der Waals surface area contributed by atoms with Crippen LogP contribution in [0.25, 0.3) is 0 Å². The van der Waals surface area contributed by atoms with Gasteiger partial charge in [-0.05, 0) is 55.1 Å². The molecule has 98 valence electrons. The molecule has 0 aliphatic heterocycles. The van der Waals surface area contributed by atoms with Crippen LogP contribution in [0.5, 0.6) is 0 Å². The summed E-state index contributed by atoms with van der Waals surface area (Å²) < 4.78 is 38.1. The molecule has 0 bridgehead atoms. The largest absolute Gasteiger partial charge is 0.416 e. The van der Waals surface area contributed by atoms with Gasteiger partial charge in [-0.1, -0.05) is 24.6 Å². The molecule has 0 nitrogen and oxygen atoms in total. The fourth-order valence-electron chi connectivity index (χ4n) is 3.59. The van der Waals surface area contributed by atoms with Crippen LogP contribution in [0.1, 0.15) is 55.6 Å². The van der Waals surface area contributed by atoms with Gasteiger partial charge in [0, 0.05) is 0 Å². The standard InChI is InChI=1S/C15H17F3/c16-15(17,18)13-4-1-3-11(9-13)12-5-8-14(10-12)6-2-7-14/h1,3-4,9,12H,2,5-8,10H2. The Bertz CT molecular complexity index is 443. The van der Waals surface area contributed by atoms with Crippen LogP contribution >= 0.6 is 0 Å². The molecule has 1 atom stereocenters. The van der Waals surface area contributed by atoms with Crippen LogP contribution in [0.2, 0.25) is 0 Å². The highest BCUT2D eigenvalue weighted by Gasteiger charge is 2.44. The molecule has 0 N–H and O–H groups in total. The summed E-state index contributed by atoms with van der Waals surface area (Å²) in [6.45, 7) is 0. The Morgan fingerprint density at radius 3 is 2.44 bits per heavy atom. The molecule has 0 aromatic heterocycles. The van der Waals surface area contributed by atoms with Crippen LogP contribution in [0.3, 0.4) is 0 Å². The van der Waals surface area contributed by atoms with Gasteiger partial charge in [-0.15, -0.1) is 0 Å². The minimum Gasteiger partial charge on any atom is -0.166 e. The first-order chi connectivity index (χ1) is 8.49. The number of alkyl halides is 3. The third-order valence-corrected chi connectivity index (χ3v) is 4.80. The third kappa shape index (κ3) is 2.04. The normalized spacial score (nSPS) is 26.3. The summed E-state index contributed by atoms with van der Waals surface area (Å²) in [7, 11) is 0. The molecule has 0 amide bonds. The van der Waals surface area contributed by atoms with Crippen LogP contribution in [-0.2, 0) is 6.18 Å². The topological polar surface area (TPSA) is 0 Å². The van der Waals surface area contributed by atoms with E-state index in [2.05, 4.69) is 0 Å². The molecule has 3 rings (SSSR count). The molecule has 1 spiro atoms. The highest BCUT2D eigenvalue weighted by Crippen LogP contribution is 2.57. The summed E-state index contributed by atoms with van der Waals surface area (Å²) in [6.07, 6.45) is 2.99. The predicted octanol–water partition coefficient (Wildman–Crippen LogP) is 5.14. The van der Waals surface area contributed by atoms with Crippen molar-refractivity contribution in [3.63, 3.8) is 0 Å². The summed E-state index contributed by atoms with van der Waals surface area (Å²) in [5.74, 6) is 0.340. The Balaban J connectivity index is 1.81. The van der Waals surface area contributed by atoms with E-state index in [-0.39, 0.29) is 0 Å². The lowest BCUT2D eigenvalue weighted by Gasteiger charge is -2.38. The minimum atomic E-state index is -4.22. The fourth-order valence-corrected chi connectivity index (χ4v) is 3.59. The van der Waals surface area contributed by atoms with Crippen molar-refractivity contribution < 1.29 is 13.2 Å². The van der Waals surface area contributed by atoms with Gasteiger partial charge in [0.25, 0.3) is 0 Å². The molecule has 18 heavy (non-hydrogen) atoms. The maximum absolute atomic E-state index is 12.7. The van der Waals surface area contributed by atoms with E-state index in [9.17, 15) is 13.2 Å². The van der Waals surface area contributed by atoms with Crippen LogP contribution in [0.15, 0.2) is 24.3 Å². The molecular formula is C15H17F3. The summed E-state index contributed by atoms with van der Waals surface area (Å²) in [5, 5.41) is 0. The molecule has 2 aliphatic rings. The summed E-state index contributed by atoms with van der Waals surface area (Å²) in [4.78, 5) is 0. The SMILES string of the molecule is FC(F)(F)c1cccc(C2CCC3(CCC3)C2)c1. The van der Waals surface area contributed by atoms with E-state index in [4.69, 9.17) is 0 Å². The van der Waals surface area contributed by atoms with E-state index in [1.165, 1.54) is 31.7 Å². The van der Waals surface area contributed by atoms with Crippen molar-refractivity contribution in [3.05, 3.63) is 35.4 Å². The number of rotatable bonds is 1. The molecule has 2 aliphatic carbocycles. The average molecular weight is 254 g/mol. The van der Waals surface area contributed by atoms with Crippen molar-refractivity contribution in [3.8, 4) is 0 Å². The van der Waals surface area contributed by atoms with E-state index in [0.29, 0.717) is 11.3 Å². The summed E-state index contributed by atoms with van der Waals surface area (Å²) in [5.41, 5.74) is 0.863. The van der Waals surface area contributed by atoms with Crippen LogP contribution < -0.4 is 0 Å².